The molecule has 0 aliphatic heterocycles. The van der Waals surface area contributed by atoms with Crippen molar-refractivity contribution >= 4 is 0 Å². The van der Waals surface area contributed by atoms with E-state index >= 15 is 0 Å². The van der Waals surface area contributed by atoms with E-state index in [-0.39, 0.29) is 0 Å². The molecule has 0 amide bonds. The summed E-state index contributed by atoms with van der Waals surface area (Å²) in [4.78, 5) is 0. The minimum Gasteiger partial charge on any atom is -0.347 e. The summed E-state index contributed by atoms with van der Waals surface area (Å²) < 4.78 is 29.2. The second kappa shape index (κ2) is 5.52. The normalized spacial score (nSPS) is 10.8. The van der Waals surface area contributed by atoms with E-state index in [1.807, 2.05) is 54.1 Å². The monoisotopic (exact) mass is 283 g/mol. The molecule has 0 bridgehead atoms. The zero-order valence-corrected chi connectivity index (χ0v) is 11.7. The molecule has 0 atom stereocenters. The molecule has 0 unspecified atom stereocenters. The summed E-state index contributed by atoms with van der Waals surface area (Å²) in [7, 11) is 0. The van der Waals surface area contributed by atoms with Gasteiger partial charge in [0.1, 0.15) is 11.6 Å². The van der Waals surface area contributed by atoms with Gasteiger partial charge < -0.3 is 4.57 Å². The second-order valence-corrected chi connectivity index (χ2v) is 5.11. The lowest BCUT2D eigenvalue weighted by Gasteiger charge is -2.05. The molecule has 0 fully saturated rings. The summed E-state index contributed by atoms with van der Waals surface area (Å²) in [5, 5.41) is 0. The number of rotatable bonds is 3. The van der Waals surface area contributed by atoms with Gasteiger partial charge in [-0.25, -0.2) is 8.78 Å². The predicted octanol–water partition coefficient (Wildman–Crippen LogP) is 4.79. The lowest BCUT2D eigenvalue weighted by Crippen LogP contribution is -1.99. The Balaban J connectivity index is 1.96. The maximum Gasteiger partial charge on any atom is 0.131 e. The van der Waals surface area contributed by atoms with Crippen molar-refractivity contribution in [2.24, 2.45) is 0 Å². The van der Waals surface area contributed by atoms with E-state index in [9.17, 15) is 8.78 Å². The molecule has 1 aromatic heterocycles. The van der Waals surface area contributed by atoms with Crippen molar-refractivity contribution in [2.45, 2.75) is 13.5 Å². The molecule has 3 aromatic rings. The standard InChI is InChI=1S/C18H15F2N/c1-13-9-15(17-10-16(19)7-8-18(17)20)12-21(13)11-14-5-3-2-4-6-14/h2-10,12H,11H2,1H3. The van der Waals surface area contributed by atoms with E-state index in [1.165, 1.54) is 11.6 Å². The molecule has 1 nitrogen and oxygen atoms in total. The summed E-state index contributed by atoms with van der Waals surface area (Å²) >= 11 is 0. The Labute approximate surface area is 122 Å². The number of hydrogen-bond acceptors (Lipinski definition) is 0. The topological polar surface area (TPSA) is 4.93 Å². The summed E-state index contributed by atoms with van der Waals surface area (Å²) in [6.07, 6.45) is 1.86. The van der Waals surface area contributed by atoms with Crippen molar-refractivity contribution in [2.75, 3.05) is 0 Å². The van der Waals surface area contributed by atoms with E-state index in [2.05, 4.69) is 0 Å². The van der Waals surface area contributed by atoms with Gasteiger partial charge in [0.2, 0.25) is 0 Å². The SMILES string of the molecule is Cc1cc(-c2cc(F)ccc2F)cn1Cc1ccccc1. The fourth-order valence-electron chi connectivity index (χ4n) is 2.43. The highest BCUT2D eigenvalue weighted by molar-refractivity contribution is 5.64. The fourth-order valence-corrected chi connectivity index (χ4v) is 2.43. The van der Waals surface area contributed by atoms with Crippen LogP contribution in [0.2, 0.25) is 0 Å². The van der Waals surface area contributed by atoms with Gasteiger partial charge >= 0.3 is 0 Å². The lowest BCUT2D eigenvalue weighted by molar-refractivity contribution is 0.603. The first-order chi connectivity index (χ1) is 10.1. The molecule has 0 radical (unpaired) electrons. The van der Waals surface area contributed by atoms with Gasteiger partial charge in [0.15, 0.2) is 0 Å². The first-order valence-electron chi connectivity index (χ1n) is 6.79. The lowest BCUT2D eigenvalue weighted by atomic mass is 10.1. The number of benzene rings is 2. The molecule has 0 aliphatic carbocycles. The van der Waals surface area contributed by atoms with E-state index in [0.717, 1.165) is 17.8 Å². The number of halogens is 2. The van der Waals surface area contributed by atoms with E-state index in [4.69, 9.17) is 0 Å². The molecular weight excluding hydrogens is 268 g/mol. The summed E-state index contributed by atoms with van der Waals surface area (Å²) in [6.45, 7) is 2.67. The number of aryl methyl sites for hydroxylation is 1. The first kappa shape index (κ1) is 13.6. The number of hydrogen-bond donors (Lipinski definition) is 0. The fraction of sp³-hybridized carbons (Fsp3) is 0.111. The highest BCUT2D eigenvalue weighted by Crippen LogP contribution is 2.26. The van der Waals surface area contributed by atoms with Crippen molar-refractivity contribution < 1.29 is 8.78 Å². The van der Waals surface area contributed by atoms with Crippen molar-refractivity contribution in [1.82, 2.24) is 4.57 Å². The molecule has 21 heavy (non-hydrogen) atoms. The van der Waals surface area contributed by atoms with Gasteiger partial charge in [-0.3, -0.25) is 0 Å². The van der Waals surface area contributed by atoms with Gasteiger partial charge in [0.25, 0.3) is 0 Å². The van der Waals surface area contributed by atoms with Gasteiger partial charge in [-0.15, -0.1) is 0 Å². The van der Waals surface area contributed by atoms with Gasteiger partial charge in [-0.05, 0) is 36.8 Å². The molecule has 1 heterocycles. The Morgan fingerprint density at radius 1 is 0.952 bits per heavy atom. The van der Waals surface area contributed by atoms with Crippen molar-refractivity contribution in [3.63, 3.8) is 0 Å². The van der Waals surface area contributed by atoms with Gasteiger partial charge in [0, 0.05) is 29.6 Å². The largest absolute Gasteiger partial charge is 0.347 e. The number of nitrogens with zero attached hydrogens (tertiary/aromatic N) is 1. The van der Waals surface area contributed by atoms with Crippen molar-refractivity contribution in [3.8, 4) is 11.1 Å². The zero-order valence-electron chi connectivity index (χ0n) is 11.7. The van der Waals surface area contributed by atoms with Crippen LogP contribution >= 0.6 is 0 Å². The van der Waals surface area contributed by atoms with Crippen LogP contribution in [0.3, 0.4) is 0 Å². The molecule has 0 N–H and O–H groups in total. The molecule has 106 valence electrons. The average molecular weight is 283 g/mol. The van der Waals surface area contributed by atoms with Crippen LogP contribution < -0.4 is 0 Å². The third-order valence-electron chi connectivity index (χ3n) is 3.55. The summed E-state index contributed by atoms with van der Waals surface area (Å²) in [6, 6.07) is 15.4. The van der Waals surface area contributed by atoms with Crippen LogP contribution in [-0.4, -0.2) is 4.57 Å². The highest BCUT2D eigenvalue weighted by atomic mass is 19.1. The van der Waals surface area contributed by atoms with Crippen LogP contribution in [0.4, 0.5) is 8.78 Å². The minimum atomic E-state index is -0.431. The molecule has 2 aromatic carbocycles. The zero-order chi connectivity index (χ0) is 14.8. The minimum absolute atomic E-state index is 0.296. The van der Waals surface area contributed by atoms with Crippen LogP contribution in [-0.2, 0) is 6.54 Å². The maximum atomic E-state index is 13.8. The Morgan fingerprint density at radius 2 is 1.71 bits per heavy atom. The van der Waals surface area contributed by atoms with Crippen molar-refractivity contribution in [3.05, 3.63) is 83.7 Å². The molecule has 3 rings (SSSR count). The third-order valence-corrected chi connectivity index (χ3v) is 3.55. The molecule has 0 saturated heterocycles. The predicted molar refractivity (Wildman–Crippen MR) is 80.1 cm³/mol. The Morgan fingerprint density at radius 3 is 2.48 bits per heavy atom. The van der Waals surface area contributed by atoms with Gasteiger partial charge in [0.05, 0.1) is 0 Å². The Kier molecular flexibility index (Phi) is 3.57. The van der Waals surface area contributed by atoms with Crippen LogP contribution in [0.25, 0.3) is 11.1 Å². The van der Waals surface area contributed by atoms with Crippen LogP contribution in [0.15, 0.2) is 60.8 Å². The quantitative estimate of drug-likeness (QED) is 0.651. The Hall–Kier alpha value is -2.42. The average Bonchev–Trinajstić information content (AvgIpc) is 2.84. The molecule has 0 aliphatic rings. The molecule has 0 saturated carbocycles. The maximum absolute atomic E-state index is 13.8. The van der Waals surface area contributed by atoms with E-state index in [0.29, 0.717) is 17.7 Å². The van der Waals surface area contributed by atoms with Crippen LogP contribution in [0.5, 0.6) is 0 Å². The summed E-state index contributed by atoms with van der Waals surface area (Å²) in [5.74, 6) is -0.840. The van der Waals surface area contributed by atoms with E-state index < -0.39 is 11.6 Å². The smallest absolute Gasteiger partial charge is 0.131 e. The Bertz CT molecular complexity index is 760. The van der Waals surface area contributed by atoms with Crippen LogP contribution in [0.1, 0.15) is 11.3 Å². The van der Waals surface area contributed by atoms with Crippen molar-refractivity contribution in [1.29, 1.82) is 0 Å². The molecule has 3 heteroatoms. The highest BCUT2D eigenvalue weighted by Gasteiger charge is 2.10. The van der Waals surface area contributed by atoms with Crippen LogP contribution in [0, 0.1) is 18.6 Å². The van der Waals surface area contributed by atoms with Gasteiger partial charge in [-0.2, -0.15) is 0 Å². The molecular formula is C18H15F2N. The molecule has 0 spiro atoms. The summed E-state index contributed by atoms with van der Waals surface area (Å²) in [5.41, 5.74) is 3.17. The number of aromatic nitrogens is 1. The van der Waals surface area contributed by atoms with Gasteiger partial charge in [-0.1, -0.05) is 30.3 Å². The first-order valence-corrected chi connectivity index (χ1v) is 6.79. The van der Waals surface area contributed by atoms with E-state index in [1.54, 1.807) is 0 Å². The third kappa shape index (κ3) is 2.87. The second-order valence-electron chi connectivity index (χ2n) is 5.11.